The number of anilines is 1. The highest BCUT2D eigenvalue weighted by molar-refractivity contribution is 6.04. The van der Waals surface area contributed by atoms with E-state index in [4.69, 9.17) is 0 Å². The van der Waals surface area contributed by atoms with Crippen LogP contribution in [0.15, 0.2) is 90.3 Å². The molecule has 0 bridgehead atoms. The number of nitrogens with zero attached hydrogens (tertiary/aromatic N) is 8. The Labute approximate surface area is 261 Å². The van der Waals surface area contributed by atoms with E-state index >= 15 is 0 Å². The zero-order chi connectivity index (χ0) is 32.6. The molecule has 0 atom stereocenters. The summed E-state index contributed by atoms with van der Waals surface area (Å²) in [5.41, 5.74) is 3.17. The Morgan fingerprint density at radius 2 is 1.67 bits per heavy atom. The number of benzene rings is 2. The van der Waals surface area contributed by atoms with Gasteiger partial charge in [0.25, 0.3) is 0 Å². The van der Waals surface area contributed by atoms with Crippen molar-refractivity contribution in [3.63, 3.8) is 0 Å². The van der Waals surface area contributed by atoms with Crippen LogP contribution in [0.4, 0.5) is 19.0 Å². The number of halogens is 3. The molecule has 1 N–H and O–H groups in total. The van der Waals surface area contributed by atoms with Gasteiger partial charge in [-0.2, -0.15) is 23.7 Å². The van der Waals surface area contributed by atoms with Crippen molar-refractivity contribution in [2.24, 2.45) is 12.0 Å². The molecule has 0 spiro atoms. The highest BCUT2D eigenvalue weighted by Gasteiger charge is 2.35. The lowest BCUT2D eigenvalue weighted by Crippen LogP contribution is -2.23. The third kappa shape index (κ3) is 5.41. The Balaban J connectivity index is 1.52. The Bertz CT molecular complexity index is 2250. The van der Waals surface area contributed by atoms with E-state index in [1.165, 1.54) is 6.20 Å². The monoisotopic (exact) mass is 617 g/mol. The number of aryl methyl sites for hydroxylation is 1. The summed E-state index contributed by atoms with van der Waals surface area (Å²) in [4.78, 5) is 17.3. The highest BCUT2D eigenvalue weighted by Crippen LogP contribution is 2.37. The zero-order valence-corrected chi connectivity index (χ0v) is 25.0. The fraction of sp³-hybridized carbons (Fsp3) is 0.176. The molecule has 9 nitrogen and oxygen atoms in total. The van der Waals surface area contributed by atoms with Gasteiger partial charge in [0.1, 0.15) is 5.82 Å². The molecule has 0 aliphatic rings. The van der Waals surface area contributed by atoms with E-state index in [9.17, 15) is 23.7 Å². The van der Waals surface area contributed by atoms with Crippen molar-refractivity contribution in [3.8, 4) is 29.1 Å². The summed E-state index contributed by atoms with van der Waals surface area (Å²) in [5, 5.41) is 22.5. The molecule has 0 unspecified atom stereocenters. The van der Waals surface area contributed by atoms with Gasteiger partial charge in [-0.15, -0.1) is 4.99 Å². The second-order valence-corrected chi connectivity index (χ2v) is 11.2. The average molecular weight is 618 g/mol. The number of hydrogen-bond donors (Lipinski definition) is 1. The van der Waals surface area contributed by atoms with Crippen molar-refractivity contribution in [1.29, 1.82) is 10.5 Å². The second-order valence-electron chi connectivity index (χ2n) is 11.2. The number of imidazole rings is 1. The molecule has 2 aromatic carbocycles. The van der Waals surface area contributed by atoms with Crippen LogP contribution in [-0.4, -0.2) is 24.1 Å². The lowest BCUT2D eigenvalue weighted by molar-refractivity contribution is -0.137. The molecular formula is C34H26F3N9. The largest absolute Gasteiger partial charge is 0.419 e. The summed E-state index contributed by atoms with van der Waals surface area (Å²) in [6.45, 7) is 3.72. The van der Waals surface area contributed by atoms with E-state index in [1.807, 2.05) is 36.5 Å². The molecule has 4 aromatic heterocycles. The van der Waals surface area contributed by atoms with Crippen LogP contribution in [0, 0.1) is 22.8 Å². The van der Waals surface area contributed by atoms with E-state index in [2.05, 4.69) is 31.3 Å². The van der Waals surface area contributed by atoms with Crippen LogP contribution < -0.4 is 10.9 Å². The minimum atomic E-state index is -4.65. The van der Waals surface area contributed by atoms with E-state index in [1.54, 1.807) is 72.8 Å². The summed E-state index contributed by atoms with van der Waals surface area (Å²) in [6, 6.07) is 21.2. The Morgan fingerprint density at radius 3 is 2.35 bits per heavy atom. The van der Waals surface area contributed by atoms with E-state index in [0.717, 1.165) is 11.6 Å². The van der Waals surface area contributed by atoms with Crippen LogP contribution in [0.3, 0.4) is 0 Å². The number of alkyl halides is 3. The Morgan fingerprint density at radius 1 is 0.891 bits per heavy atom. The van der Waals surface area contributed by atoms with E-state index in [0.29, 0.717) is 44.5 Å². The SMILES string of the molecule is Cn1/c(=N/C#N)n(-c2ccc(C(C)(C)C#N)nc2)c2c3cc(-c4cnc(NCc5ccccc5)c(C(F)(F)F)c4)ccc3ncc21. The van der Waals surface area contributed by atoms with Crippen molar-refractivity contribution < 1.29 is 13.2 Å². The molecule has 6 rings (SSSR count). The molecule has 0 aliphatic carbocycles. The third-order valence-electron chi connectivity index (χ3n) is 7.81. The molecule has 0 aliphatic heterocycles. The first-order valence-electron chi connectivity index (χ1n) is 14.2. The van der Waals surface area contributed by atoms with E-state index in [-0.39, 0.29) is 17.9 Å². The van der Waals surface area contributed by atoms with Gasteiger partial charge < -0.3 is 9.88 Å². The van der Waals surface area contributed by atoms with Crippen LogP contribution in [0.25, 0.3) is 38.8 Å². The number of fused-ring (bicyclic) bond motifs is 3. The standard InChI is InChI=1S/C34H26F3N9/c1-33(2,19-38)29-12-10-24(17-41-29)46-30-25-13-22(9-11-27(25)40-18-28(30)45(3)32(46)44-20-39)23-14-26(34(35,36)37)31(43-16-23)42-15-21-7-5-4-6-8-21/h4-14,16-18H,15H2,1-3H3,(H,42,43)/b44-32-. The maximum absolute atomic E-state index is 14.3. The van der Waals surface area contributed by atoms with Gasteiger partial charge in [0.2, 0.25) is 11.8 Å². The molecule has 0 amide bonds. The first-order valence-corrected chi connectivity index (χ1v) is 14.2. The van der Waals surface area contributed by atoms with Gasteiger partial charge in [0, 0.05) is 30.7 Å². The van der Waals surface area contributed by atoms with Gasteiger partial charge >= 0.3 is 6.18 Å². The first-order chi connectivity index (χ1) is 22.0. The third-order valence-corrected chi connectivity index (χ3v) is 7.81. The molecule has 6 aromatic rings. The summed E-state index contributed by atoms with van der Waals surface area (Å²) < 4.78 is 46.2. The Kier molecular flexibility index (Phi) is 7.50. The van der Waals surface area contributed by atoms with Gasteiger partial charge in [0.05, 0.1) is 57.4 Å². The lowest BCUT2D eigenvalue weighted by Gasteiger charge is -2.16. The number of aromatic nitrogens is 5. The first kappa shape index (κ1) is 30.0. The predicted octanol–water partition coefficient (Wildman–Crippen LogP) is 6.79. The zero-order valence-electron chi connectivity index (χ0n) is 25.0. The minimum absolute atomic E-state index is 0.184. The topological polar surface area (TPSA) is 120 Å². The molecule has 0 saturated heterocycles. The summed E-state index contributed by atoms with van der Waals surface area (Å²) in [6.07, 6.45) is 1.86. The maximum atomic E-state index is 14.3. The number of pyridine rings is 3. The smallest absolute Gasteiger partial charge is 0.365 e. The molecule has 0 fully saturated rings. The van der Waals surface area contributed by atoms with Crippen molar-refractivity contribution in [2.45, 2.75) is 32.0 Å². The predicted molar refractivity (Wildman–Crippen MR) is 167 cm³/mol. The van der Waals surface area contributed by atoms with Crippen molar-refractivity contribution in [3.05, 3.63) is 108 Å². The highest BCUT2D eigenvalue weighted by atomic mass is 19.4. The fourth-order valence-electron chi connectivity index (χ4n) is 5.31. The molecule has 46 heavy (non-hydrogen) atoms. The van der Waals surface area contributed by atoms with Crippen molar-refractivity contribution in [2.75, 3.05) is 5.32 Å². The van der Waals surface area contributed by atoms with Crippen LogP contribution in [-0.2, 0) is 25.2 Å². The summed E-state index contributed by atoms with van der Waals surface area (Å²) in [5.74, 6) is -0.260. The second kappa shape index (κ2) is 11.5. The fourth-order valence-corrected chi connectivity index (χ4v) is 5.31. The lowest BCUT2D eigenvalue weighted by atomic mass is 9.91. The maximum Gasteiger partial charge on any atom is 0.419 e. The normalized spacial score (nSPS) is 12.3. The van der Waals surface area contributed by atoms with Crippen LogP contribution in [0.1, 0.15) is 30.7 Å². The average Bonchev–Trinajstić information content (AvgIpc) is 3.35. The van der Waals surface area contributed by atoms with Crippen LogP contribution in [0.2, 0.25) is 0 Å². The van der Waals surface area contributed by atoms with Gasteiger partial charge in [-0.05, 0) is 55.3 Å². The molecule has 228 valence electrons. The number of nitrogens with one attached hydrogen (secondary N) is 1. The quantitative estimate of drug-likeness (QED) is 0.206. The number of rotatable bonds is 6. The molecular weight excluding hydrogens is 591 g/mol. The van der Waals surface area contributed by atoms with Gasteiger partial charge in [0.15, 0.2) is 0 Å². The van der Waals surface area contributed by atoms with Crippen molar-refractivity contribution >= 4 is 27.8 Å². The Hall–Kier alpha value is -6.01. The van der Waals surface area contributed by atoms with Crippen molar-refractivity contribution in [1.82, 2.24) is 24.1 Å². The molecule has 0 saturated carbocycles. The molecule has 12 heteroatoms. The van der Waals surface area contributed by atoms with Gasteiger partial charge in [-0.3, -0.25) is 14.5 Å². The summed E-state index contributed by atoms with van der Waals surface area (Å²) >= 11 is 0. The summed E-state index contributed by atoms with van der Waals surface area (Å²) in [7, 11) is 1.74. The van der Waals surface area contributed by atoms with Crippen LogP contribution in [0.5, 0.6) is 0 Å². The number of hydrogen-bond acceptors (Lipinski definition) is 7. The minimum Gasteiger partial charge on any atom is -0.365 e. The van der Waals surface area contributed by atoms with E-state index < -0.39 is 17.2 Å². The number of nitriles is 2. The molecule has 4 heterocycles. The van der Waals surface area contributed by atoms with Gasteiger partial charge in [-0.1, -0.05) is 36.4 Å². The van der Waals surface area contributed by atoms with Gasteiger partial charge in [-0.25, -0.2) is 4.98 Å². The van der Waals surface area contributed by atoms with Crippen LogP contribution >= 0.6 is 0 Å². The molecule has 0 radical (unpaired) electrons.